The van der Waals surface area contributed by atoms with Crippen LogP contribution in [0.15, 0.2) is 24.3 Å². The zero-order valence-electron chi connectivity index (χ0n) is 8.81. The molecule has 2 aromatic carbocycles. The normalized spacial score (nSPS) is 10.1. The molecule has 2 aromatic rings. The summed E-state index contributed by atoms with van der Waals surface area (Å²) in [5, 5.41) is 2.82. The molecule has 0 fully saturated rings. The van der Waals surface area contributed by atoms with Crippen LogP contribution in [-0.2, 0) is 0 Å². The number of rotatable bonds is 0. The summed E-state index contributed by atoms with van der Waals surface area (Å²) in [4.78, 5) is 0. The Kier molecular flexibility index (Phi) is 2.96. The quantitative estimate of drug-likeness (QED) is 0.392. The van der Waals surface area contributed by atoms with Crippen LogP contribution in [0.1, 0.15) is 16.7 Å². The minimum atomic E-state index is 0. The maximum absolute atomic E-state index is 2.26. The van der Waals surface area contributed by atoms with E-state index in [-0.39, 0.29) is 18.9 Å². The van der Waals surface area contributed by atoms with Crippen molar-refractivity contribution in [2.45, 2.75) is 20.8 Å². The van der Waals surface area contributed by atoms with Crippen molar-refractivity contribution >= 4 is 10.8 Å². The van der Waals surface area contributed by atoms with Gasteiger partial charge in [0.1, 0.15) is 0 Å². The molecule has 0 saturated carbocycles. The van der Waals surface area contributed by atoms with E-state index in [9.17, 15) is 0 Å². The monoisotopic (exact) mass is 164 g/mol. The molecule has 0 unspecified atom stereocenters. The summed E-state index contributed by atoms with van der Waals surface area (Å²) < 4.78 is 0. The SMILES string of the molecule is Cc1cc2c(C)ccc(C)c2[cH-]1.[Li+]. The van der Waals surface area contributed by atoms with E-state index in [1.54, 1.807) is 0 Å². The molecule has 13 heavy (non-hydrogen) atoms. The topological polar surface area (TPSA) is 0 Å². The molecule has 0 aliphatic rings. The Bertz CT molecular complexity index is 385. The van der Waals surface area contributed by atoms with Gasteiger partial charge in [-0.2, -0.15) is 6.07 Å². The molecule has 62 valence electrons. The summed E-state index contributed by atoms with van der Waals surface area (Å²) in [6, 6.07) is 8.91. The van der Waals surface area contributed by atoms with Gasteiger partial charge in [-0.25, -0.2) is 0 Å². The Morgan fingerprint density at radius 1 is 1.00 bits per heavy atom. The number of fused-ring (bicyclic) bond motifs is 1. The van der Waals surface area contributed by atoms with Gasteiger partial charge < -0.3 is 0 Å². The van der Waals surface area contributed by atoms with E-state index in [4.69, 9.17) is 0 Å². The van der Waals surface area contributed by atoms with E-state index >= 15 is 0 Å². The maximum atomic E-state index is 2.26. The number of hydrogen-bond acceptors (Lipinski definition) is 0. The summed E-state index contributed by atoms with van der Waals surface area (Å²) in [6.45, 7) is 6.49. The Balaban J connectivity index is 0.000000845. The molecule has 0 atom stereocenters. The molecule has 2 rings (SSSR count). The molecule has 0 aliphatic heterocycles. The van der Waals surface area contributed by atoms with Crippen LogP contribution in [-0.4, -0.2) is 0 Å². The summed E-state index contributed by atoms with van der Waals surface area (Å²) in [6.07, 6.45) is 0. The first-order valence-electron chi connectivity index (χ1n) is 4.32. The second-order valence-corrected chi connectivity index (χ2v) is 3.56. The third-order valence-electron chi connectivity index (χ3n) is 2.47. The van der Waals surface area contributed by atoms with E-state index in [2.05, 4.69) is 45.0 Å². The van der Waals surface area contributed by atoms with Gasteiger partial charge in [-0.15, -0.1) is 34.0 Å². The fraction of sp³-hybridized carbons (Fsp3) is 0.250. The van der Waals surface area contributed by atoms with Gasteiger partial charge in [0.05, 0.1) is 0 Å². The first kappa shape index (κ1) is 10.5. The van der Waals surface area contributed by atoms with E-state index in [1.165, 1.54) is 27.5 Å². The Morgan fingerprint density at radius 2 is 1.62 bits per heavy atom. The zero-order valence-corrected chi connectivity index (χ0v) is 8.81. The van der Waals surface area contributed by atoms with Crippen LogP contribution in [0.4, 0.5) is 0 Å². The third kappa shape index (κ3) is 1.70. The molecule has 0 N–H and O–H groups in total. The van der Waals surface area contributed by atoms with Gasteiger partial charge in [0.15, 0.2) is 0 Å². The average molecular weight is 164 g/mol. The summed E-state index contributed by atoms with van der Waals surface area (Å²) >= 11 is 0. The third-order valence-corrected chi connectivity index (χ3v) is 2.47. The average Bonchev–Trinajstić information content (AvgIpc) is 2.41. The molecule has 0 radical (unpaired) electrons. The molecule has 0 aromatic heterocycles. The van der Waals surface area contributed by atoms with Crippen LogP contribution >= 0.6 is 0 Å². The van der Waals surface area contributed by atoms with Gasteiger partial charge in [0.25, 0.3) is 0 Å². The van der Waals surface area contributed by atoms with Crippen LogP contribution in [0.5, 0.6) is 0 Å². The van der Waals surface area contributed by atoms with Crippen molar-refractivity contribution in [1.29, 1.82) is 0 Å². The molecule has 0 nitrogen and oxygen atoms in total. The van der Waals surface area contributed by atoms with Crippen molar-refractivity contribution in [2.24, 2.45) is 0 Å². The van der Waals surface area contributed by atoms with Crippen molar-refractivity contribution < 1.29 is 18.9 Å². The van der Waals surface area contributed by atoms with Gasteiger partial charge in [0.2, 0.25) is 0 Å². The minimum Gasteiger partial charge on any atom is -0.165 e. The number of aryl methyl sites for hydroxylation is 3. The summed E-state index contributed by atoms with van der Waals surface area (Å²) in [5.74, 6) is 0. The second-order valence-electron chi connectivity index (χ2n) is 3.56. The zero-order chi connectivity index (χ0) is 8.72. The molecule has 0 amide bonds. The minimum absolute atomic E-state index is 0. The van der Waals surface area contributed by atoms with Crippen molar-refractivity contribution in [1.82, 2.24) is 0 Å². The number of benzene rings is 1. The summed E-state index contributed by atoms with van der Waals surface area (Å²) in [5.41, 5.74) is 4.12. The fourth-order valence-corrected chi connectivity index (χ4v) is 1.73. The standard InChI is InChI=1S/C12H13.Li/c1-8-6-11-9(2)4-5-10(3)12(11)7-8;/h4-7H,1-3H3;/q-1;+1. The molecular weight excluding hydrogens is 151 g/mol. The maximum Gasteiger partial charge on any atom is 1.00 e. The predicted octanol–water partition coefficient (Wildman–Crippen LogP) is 0.488. The Hall–Kier alpha value is -0.573. The first-order chi connectivity index (χ1) is 5.68. The molecule has 1 heteroatoms. The van der Waals surface area contributed by atoms with E-state index in [0.717, 1.165) is 0 Å². The van der Waals surface area contributed by atoms with Crippen LogP contribution in [0.3, 0.4) is 0 Å². The Labute approximate surface area is 91.5 Å². The van der Waals surface area contributed by atoms with Crippen molar-refractivity contribution in [3.05, 3.63) is 41.0 Å². The van der Waals surface area contributed by atoms with Gasteiger partial charge in [-0.05, 0) is 6.92 Å². The van der Waals surface area contributed by atoms with Gasteiger partial charge in [-0.1, -0.05) is 25.5 Å². The van der Waals surface area contributed by atoms with Gasteiger partial charge in [-0.3, -0.25) is 0 Å². The molecule has 0 spiro atoms. The van der Waals surface area contributed by atoms with Crippen molar-refractivity contribution in [2.75, 3.05) is 0 Å². The predicted molar refractivity (Wildman–Crippen MR) is 53.8 cm³/mol. The van der Waals surface area contributed by atoms with Crippen molar-refractivity contribution in [3.63, 3.8) is 0 Å². The molecule has 0 heterocycles. The van der Waals surface area contributed by atoms with Crippen LogP contribution in [0.2, 0.25) is 0 Å². The van der Waals surface area contributed by atoms with E-state index in [1.807, 2.05) is 0 Å². The van der Waals surface area contributed by atoms with Gasteiger partial charge in [0, 0.05) is 0 Å². The molecular formula is C12H13Li. The van der Waals surface area contributed by atoms with Gasteiger partial charge >= 0.3 is 18.9 Å². The van der Waals surface area contributed by atoms with E-state index < -0.39 is 0 Å². The molecule has 0 aliphatic carbocycles. The Morgan fingerprint density at radius 3 is 2.23 bits per heavy atom. The summed E-state index contributed by atoms with van der Waals surface area (Å²) in [7, 11) is 0. The first-order valence-corrected chi connectivity index (χ1v) is 4.32. The van der Waals surface area contributed by atoms with Crippen LogP contribution < -0.4 is 18.9 Å². The largest absolute Gasteiger partial charge is 1.00 e. The molecule has 0 saturated heterocycles. The smallest absolute Gasteiger partial charge is 0.165 e. The number of hydrogen-bond donors (Lipinski definition) is 0. The van der Waals surface area contributed by atoms with E-state index in [0.29, 0.717) is 0 Å². The van der Waals surface area contributed by atoms with Crippen molar-refractivity contribution in [3.8, 4) is 0 Å². The molecule has 0 bridgehead atoms. The van der Waals surface area contributed by atoms with Crippen LogP contribution in [0, 0.1) is 20.8 Å². The second kappa shape index (κ2) is 3.66. The fourth-order valence-electron chi connectivity index (χ4n) is 1.73. The van der Waals surface area contributed by atoms with Crippen LogP contribution in [0.25, 0.3) is 10.8 Å².